The van der Waals surface area contributed by atoms with Crippen LogP contribution < -0.4 is 14.4 Å². The molecule has 0 saturated carbocycles. The second-order valence-corrected chi connectivity index (χ2v) is 10.6. The molecule has 0 radical (unpaired) electrons. The molecule has 3 aromatic rings. The number of methoxy groups -OCH3 is 1. The number of nitrogens with one attached hydrogen (secondary N) is 1. The number of sulfonamides is 1. The van der Waals surface area contributed by atoms with Crippen LogP contribution in [0, 0.1) is 0 Å². The van der Waals surface area contributed by atoms with Crippen LogP contribution in [0.5, 0.6) is 5.75 Å². The second kappa shape index (κ2) is 10.9. The zero-order valence-electron chi connectivity index (χ0n) is 20.1. The fraction of sp³-hybridized carbons (Fsp3) is 0.296. The quantitative estimate of drug-likeness (QED) is 0.487. The van der Waals surface area contributed by atoms with Gasteiger partial charge >= 0.3 is 0 Å². The normalized spacial score (nSPS) is 14.0. The highest BCUT2D eigenvalue weighted by molar-refractivity contribution is 7.92. The summed E-state index contributed by atoms with van der Waals surface area (Å²) in [5.41, 5.74) is 3.28. The number of carbonyl (C=O) groups excluding carboxylic acids is 1. The second-order valence-electron chi connectivity index (χ2n) is 8.63. The van der Waals surface area contributed by atoms with Gasteiger partial charge in [-0.25, -0.2) is 8.42 Å². The first-order chi connectivity index (χ1) is 16.9. The highest BCUT2D eigenvalue weighted by Crippen LogP contribution is 2.24. The first-order valence-corrected chi connectivity index (χ1v) is 13.1. The summed E-state index contributed by atoms with van der Waals surface area (Å²) in [6.07, 6.45) is 2.48. The summed E-state index contributed by atoms with van der Waals surface area (Å²) < 4.78 is 32.2. The molecule has 1 aliphatic rings. The van der Waals surface area contributed by atoms with Crippen molar-refractivity contribution in [1.29, 1.82) is 0 Å². The van der Waals surface area contributed by atoms with Gasteiger partial charge in [-0.1, -0.05) is 24.3 Å². The third-order valence-electron chi connectivity index (χ3n) is 6.36. The monoisotopic (exact) mass is 493 g/mol. The maximum absolute atomic E-state index is 13.0. The molecule has 1 N–H and O–H groups in total. The van der Waals surface area contributed by atoms with E-state index in [9.17, 15) is 13.2 Å². The van der Waals surface area contributed by atoms with Crippen molar-refractivity contribution in [3.8, 4) is 5.75 Å². The first-order valence-electron chi connectivity index (χ1n) is 11.7. The number of anilines is 1. The summed E-state index contributed by atoms with van der Waals surface area (Å²) in [5, 5.41) is 2.99. The van der Waals surface area contributed by atoms with Crippen LogP contribution in [0.1, 0.15) is 34.3 Å². The number of carbonyl (C=O) groups is 1. The van der Waals surface area contributed by atoms with Gasteiger partial charge in [0.1, 0.15) is 5.75 Å². The lowest BCUT2D eigenvalue weighted by Gasteiger charge is -2.20. The van der Waals surface area contributed by atoms with E-state index in [2.05, 4.69) is 16.3 Å². The largest absolute Gasteiger partial charge is 0.497 e. The van der Waals surface area contributed by atoms with Crippen molar-refractivity contribution in [2.24, 2.45) is 0 Å². The van der Waals surface area contributed by atoms with E-state index < -0.39 is 10.0 Å². The number of amides is 1. The number of ether oxygens (including phenoxy) is 1. The van der Waals surface area contributed by atoms with Crippen molar-refractivity contribution < 1.29 is 17.9 Å². The molecule has 1 aliphatic heterocycles. The minimum absolute atomic E-state index is 0.162. The number of hydrogen-bond donors (Lipinski definition) is 1. The Morgan fingerprint density at radius 3 is 2.20 bits per heavy atom. The SMILES string of the molecule is COc1ccc(S(=O)(=O)N(C)c2ccc(C(=O)NCc3ccccc3CN3CCCC3)cc2)cc1. The fourth-order valence-electron chi connectivity index (χ4n) is 4.21. The van der Waals surface area contributed by atoms with Gasteiger partial charge in [0.15, 0.2) is 0 Å². The minimum atomic E-state index is -3.74. The zero-order chi connectivity index (χ0) is 24.8. The van der Waals surface area contributed by atoms with Gasteiger partial charge in [0, 0.05) is 25.7 Å². The predicted octanol–water partition coefficient (Wildman–Crippen LogP) is 4.05. The lowest BCUT2D eigenvalue weighted by molar-refractivity contribution is 0.0950. The molecule has 1 saturated heterocycles. The molecule has 184 valence electrons. The van der Waals surface area contributed by atoms with Gasteiger partial charge in [0.25, 0.3) is 15.9 Å². The van der Waals surface area contributed by atoms with Gasteiger partial charge < -0.3 is 10.1 Å². The standard InChI is InChI=1S/C27H31N3O4S/c1-29(35(32,33)26-15-13-25(34-2)14-16-26)24-11-9-21(10-12-24)27(31)28-19-22-7-3-4-8-23(22)20-30-17-5-6-18-30/h3-4,7-16H,5-6,17-20H2,1-2H3,(H,28,31). The van der Waals surface area contributed by atoms with Crippen LogP contribution >= 0.6 is 0 Å². The average molecular weight is 494 g/mol. The molecule has 7 nitrogen and oxygen atoms in total. The van der Waals surface area contributed by atoms with Crippen LogP contribution in [0.2, 0.25) is 0 Å². The third-order valence-corrected chi connectivity index (χ3v) is 8.16. The number of rotatable bonds is 9. The van der Waals surface area contributed by atoms with Gasteiger partial charge in [-0.3, -0.25) is 14.0 Å². The van der Waals surface area contributed by atoms with Gasteiger partial charge in [-0.05, 0) is 85.6 Å². The maximum Gasteiger partial charge on any atom is 0.264 e. The zero-order valence-corrected chi connectivity index (χ0v) is 20.9. The molecule has 1 amide bonds. The predicted molar refractivity (Wildman–Crippen MR) is 137 cm³/mol. The highest BCUT2D eigenvalue weighted by atomic mass is 32.2. The Bertz CT molecular complexity index is 1250. The van der Waals surface area contributed by atoms with Gasteiger partial charge in [0.05, 0.1) is 17.7 Å². The Kier molecular flexibility index (Phi) is 7.73. The number of nitrogens with zero attached hydrogens (tertiary/aromatic N) is 2. The maximum atomic E-state index is 13.0. The molecule has 0 unspecified atom stereocenters. The Labute approximate surface area is 207 Å². The molecule has 4 rings (SSSR count). The van der Waals surface area contributed by atoms with Crippen molar-refractivity contribution in [2.45, 2.75) is 30.8 Å². The number of benzene rings is 3. The van der Waals surface area contributed by atoms with E-state index in [1.165, 1.54) is 49.0 Å². The van der Waals surface area contributed by atoms with Crippen LogP contribution in [-0.4, -0.2) is 46.5 Å². The van der Waals surface area contributed by atoms with Gasteiger partial charge in [-0.2, -0.15) is 0 Å². The lowest BCUT2D eigenvalue weighted by Crippen LogP contribution is -2.27. The smallest absolute Gasteiger partial charge is 0.264 e. The fourth-order valence-corrected chi connectivity index (χ4v) is 5.41. The summed E-state index contributed by atoms with van der Waals surface area (Å²) in [7, 11) is -0.717. The molecule has 0 atom stereocenters. The topological polar surface area (TPSA) is 79.0 Å². The Morgan fingerprint density at radius 2 is 1.57 bits per heavy atom. The van der Waals surface area contributed by atoms with E-state index in [0.717, 1.165) is 25.2 Å². The molecular weight excluding hydrogens is 462 g/mol. The molecule has 0 aliphatic carbocycles. The molecule has 8 heteroatoms. The first kappa shape index (κ1) is 24.8. The van der Waals surface area contributed by atoms with Crippen molar-refractivity contribution in [2.75, 3.05) is 31.6 Å². The minimum Gasteiger partial charge on any atom is -0.497 e. The third kappa shape index (κ3) is 5.83. The highest BCUT2D eigenvalue weighted by Gasteiger charge is 2.21. The van der Waals surface area contributed by atoms with Crippen LogP contribution in [0.3, 0.4) is 0 Å². The van der Waals surface area contributed by atoms with Crippen LogP contribution in [0.25, 0.3) is 0 Å². The average Bonchev–Trinajstić information content (AvgIpc) is 3.41. The molecule has 3 aromatic carbocycles. The van der Waals surface area contributed by atoms with E-state index in [4.69, 9.17) is 4.74 Å². The molecule has 1 fully saturated rings. The molecule has 35 heavy (non-hydrogen) atoms. The number of hydrogen-bond acceptors (Lipinski definition) is 5. The summed E-state index contributed by atoms with van der Waals surface area (Å²) >= 11 is 0. The molecule has 1 heterocycles. The summed E-state index contributed by atoms with van der Waals surface area (Å²) in [4.78, 5) is 15.4. The Hall–Kier alpha value is -3.36. The van der Waals surface area contributed by atoms with E-state index in [1.54, 1.807) is 36.4 Å². The van der Waals surface area contributed by atoms with Crippen molar-refractivity contribution >= 4 is 21.6 Å². The van der Waals surface area contributed by atoms with Crippen LogP contribution in [-0.2, 0) is 23.1 Å². The van der Waals surface area contributed by atoms with Crippen LogP contribution in [0.15, 0.2) is 77.7 Å². The molecule has 0 bridgehead atoms. The van der Waals surface area contributed by atoms with E-state index >= 15 is 0 Å². The van der Waals surface area contributed by atoms with Gasteiger partial charge in [0.2, 0.25) is 0 Å². The molecule has 0 aromatic heterocycles. The van der Waals surface area contributed by atoms with Gasteiger partial charge in [-0.15, -0.1) is 0 Å². The van der Waals surface area contributed by atoms with E-state index in [1.807, 2.05) is 18.2 Å². The van der Waals surface area contributed by atoms with Crippen molar-refractivity contribution in [3.05, 3.63) is 89.5 Å². The molecular formula is C27H31N3O4S. The van der Waals surface area contributed by atoms with E-state index in [-0.39, 0.29) is 10.8 Å². The number of likely N-dealkylation sites (tertiary alicyclic amines) is 1. The van der Waals surface area contributed by atoms with E-state index in [0.29, 0.717) is 23.5 Å². The molecule has 0 spiro atoms. The van der Waals surface area contributed by atoms with Crippen molar-refractivity contribution in [1.82, 2.24) is 10.2 Å². The van der Waals surface area contributed by atoms with Crippen molar-refractivity contribution in [3.63, 3.8) is 0 Å². The lowest BCUT2D eigenvalue weighted by atomic mass is 10.1. The van der Waals surface area contributed by atoms with Crippen LogP contribution in [0.4, 0.5) is 5.69 Å². The summed E-state index contributed by atoms with van der Waals surface area (Å²) in [5.74, 6) is 0.383. The summed E-state index contributed by atoms with van der Waals surface area (Å²) in [6, 6.07) is 21.0. The summed E-state index contributed by atoms with van der Waals surface area (Å²) in [6.45, 7) is 3.58. The Morgan fingerprint density at radius 1 is 0.943 bits per heavy atom. The Balaban J connectivity index is 1.40.